The fraction of sp³-hybridized carbons (Fsp3) is 0.385. The molecule has 110 valence electrons. The molecule has 0 saturated carbocycles. The Morgan fingerprint density at radius 2 is 1.60 bits per heavy atom. The minimum atomic E-state index is -1.37. The van der Waals surface area contributed by atoms with Crippen LogP contribution in [0.25, 0.3) is 0 Å². The first-order valence-electron chi connectivity index (χ1n) is 5.76. The number of methoxy groups -OCH3 is 3. The molecule has 1 atom stereocenters. The number of rotatable bonds is 6. The van der Waals surface area contributed by atoms with Crippen LogP contribution < -0.4 is 24.6 Å². The summed E-state index contributed by atoms with van der Waals surface area (Å²) in [6.07, 6.45) is 0. The number of carbonyl (C=O) groups excluding carboxylic acids is 2. The summed E-state index contributed by atoms with van der Waals surface area (Å²) in [6.45, 7) is 1.31. The summed E-state index contributed by atoms with van der Waals surface area (Å²) < 4.78 is 15.3. The predicted molar refractivity (Wildman–Crippen MR) is 68.0 cm³/mol. The highest BCUT2D eigenvalue weighted by Crippen LogP contribution is 2.38. The number of carboxylic acid groups (broad SMARTS) is 1. The Hall–Kier alpha value is -2.44. The van der Waals surface area contributed by atoms with Crippen molar-refractivity contribution in [2.75, 3.05) is 21.3 Å². The van der Waals surface area contributed by atoms with Crippen molar-refractivity contribution in [2.45, 2.75) is 13.0 Å². The van der Waals surface area contributed by atoms with Crippen LogP contribution in [-0.4, -0.2) is 39.2 Å². The van der Waals surface area contributed by atoms with Gasteiger partial charge in [0, 0.05) is 5.56 Å². The second kappa shape index (κ2) is 6.65. The van der Waals surface area contributed by atoms with E-state index in [1.807, 2.05) is 0 Å². The molecule has 1 N–H and O–H groups in total. The third-order valence-electron chi connectivity index (χ3n) is 2.63. The molecule has 0 radical (unpaired) electrons. The van der Waals surface area contributed by atoms with Crippen molar-refractivity contribution in [2.24, 2.45) is 0 Å². The SMILES string of the molecule is COc1cc(C(=O)NC(C)C(=O)[O-])cc(OC)c1OC. The van der Waals surface area contributed by atoms with Crippen LogP contribution in [0.3, 0.4) is 0 Å². The zero-order valence-electron chi connectivity index (χ0n) is 11.7. The molecule has 1 rings (SSSR count). The van der Waals surface area contributed by atoms with Crippen LogP contribution in [0.15, 0.2) is 12.1 Å². The van der Waals surface area contributed by atoms with E-state index in [0.717, 1.165) is 0 Å². The third kappa shape index (κ3) is 3.31. The van der Waals surface area contributed by atoms with E-state index in [1.54, 1.807) is 0 Å². The first-order valence-corrected chi connectivity index (χ1v) is 5.76. The molecule has 0 spiro atoms. The van der Waals surface area contributed by atoms with Crippen molar-refractivity contribution in [3.8, 4) is 17.2 Å². The summed E-state index contributed by atoms with van der Waals surface area (Å²) in [7, 11) is 4.28. The maximum Gasteiger partial charge on any atom is 0.252 e. The summed E-state index contributed by atoms with van der Waals surface area (Å²) in [5.74, 6) is -0.998. The van der Waals surface area contributed by atoms with Gasteiger partial charge in [-0.15, -0.1) is 0 Å². The molecular formula is C13H16NO6-. The standard InChI is InChI=1S/C13H17NO6/c1-7(13(16)17)14-12(15)8-5-9(18-2)11(20-4)10(6-8)19-3/h5-7H,1-4H3,(H,14,15)(H,16,17)/p-1. The normalized spacial score (nSPS) is 11.4. The van der Waals surface area contributed by atoms with Crippen LogP contribution >= 0.6 is 0 Å². The maximum absolute atomic E-state index is 11.9. The van der Waals surface area contributed by atoms with Gasteiger partial charge in [0.1, 0.15) is 0 Å². The monoisotopic (exact) mass is 282 g/mol. The van der Waals surface area contributed by atoms with Gasteiger partial charge in [-0.25, -0.2) is 0 Å². The molecule has 0 aliphatic rings. The molecule has 20 heavy (non-hydrogen) atoms. The van der Waals surface area contributed by atoms with E-state index in [4.69, 9.17) is 14.2 Å². The molecule has 0 aliphatic carbocycles. The molecule has 0 fully saturated rings. The minimum Gasteiger partial charge on any atom is -0.548 e. The van der Waals surface area contributed by atoms with Gasteiger partial charge in [0.05, 0.1) is 33.3 Å². The molecule has 7 heteroatoms. The first-order chi connectivity index (χ1) is 9.44. The van der Waals surface area contributed by atoms with Crippen molar-refractivity contribution in [3.05, 3.63) is 17.7 Å². The Kier molecular flexibility index (Phi) is 5.19. The van der Waals surface area contributed by atoms with Crippen LogP contribution in [0.2, 0.25) is 0 Å². The number of hydrogen-bond acceptors (Lipinski definition) is 6. The van der Waals surface area contributed by atoms with E-state index >= 15 is 0 Å². The van der Waals surface area contributed by atoms with E-state index in [1.165, 1.54) is 40.4 Å². The van der Waals surface area contributed by atoms with Crippen molar-refractivity contribution in [3.63, 3.8) is 0 Å². The van der Waals surface area contributed by atoms with Gasteiger partial charge in [0.2, 0.25) is 5.75 Å². The van der Waals surface area contributed by atoms with Gasteiger partial charge in [-0.1, -0.05) is 0 Å². The second-order valence-electron chi connectivity index (χ2n) is 3.93. The molecule has 1 unspecified atom stereocenters. The summed E-state index contributed by atoms with van der Waals surface area (Å²) in [4.78, 5) is 22.6. The molecule has 0 aromatic heterocycles. The zero-order chi connectivity index (χ0) is 15.3. The van der Waals surface area contributed by atoms with Gasteiger partial charge in [-0.2, -0.15) is 0 Å². The maximum atomic E-state index is 11.9. The number of carboxylic acids is 1. The van der Waals surface area contributed by atoms with Crippen LogP contribution in [0, 0.1) is 0 Å². The zero-order valence-corrected chi connectivity index (χ0v) is 11.7. The van der Waals surface area contributed by atoms with E-state index in [-0.39, 0.29) is 5.56 Å². The predicted octanol–water partition coefficient (Wildman–Crippen LogP) is -0.419. The Labute approximate surface area is 116 Å². The van der Waals surface area contributed by atoms with Gasteiger partial charge >= 0.3 is 0 Å². The number of benzene rings is 1. The largest absolute Gasteiger partial charge is 0.548 e. The first kappa shape index (κ1) is 15.6. The Morgan fingerprint density at radius 1 is 1.10 bits per heavy atom. The van der Waals surface area contributed by atoms with Crippen molar-refractivity contribution < 1.29 is 28.9 Å². The summed E-state index contributed by atoms with van der Waals surface area (Å²) in [5, 5.41) is 12.9. The number of ether oxygens (including phenoxy) is 3. The highest BCUT2D eigenvalue weighted by atomic mass is 16.5. The second-order valence-corrected chi connectivity index (χ2v) is 3.93. The molecule has 1 aromatic rings. The number of nitrogens with one attached hydrogen (secondary N) is 1. The molecule has 7 nitrogen and oxygen atoms in total. The van der Waals surface area contributed by atoms with Crippen LogP contribution in [0.1, 0.15) is 17.3 Å². The fourth-order valence-corrected chi connectivity index (χ4v) is 1.55. The summed E-state index contributed by atoms with van der Waals surface area (Å²) in [5.41, 5.74) is 0.188. The van der Waals surface area contributed by atoms with Crippen LogP contribution in [0.5, 0.6) is 17.2 Å². The molecule has 0 heterocycles. The summed E-state index contributed by atoms with van der Waals surface area (Å²) in [6, 6.07) is 1.75. The van der Waals surface area contributed by atoms with E-state index < -0.39 is 17.9 Å². The Balaban J connectivity index is 3.13. The lowest BCUT2D eigenvalue weighted by atomic mass is 10.1. The van der Waals surface area contributed by atoms with Gasteiger partial charge in [-0.3, -0.25) is 4.79 Å². The topological polar surface area (TPSA) is 96.9 Å². The Morgan fingerprint density at radius 3 is 1.95 bits per heavy atom. The molecular weight excluding hydrogens is 266 g/mol. The average Bonchev–Trinajstić information content (AvgIpc) is 2.45. The van der Waals surface area contributed by atoms with Crippen LogP contribution in [0.4, 0.5) is 0 Å². The summed E-state index contributed by atoms with van der Waals surface area (Å²) >= 11 is 0. The molecule has 0 bridgehead atoms. The molecule has 1 aromatic carbocycles. The average molecular weight is 282 g/mol. The van der Waals surface area contributed by atoms with Gasteiger partial charge in [0.15, 0.2) is 11.5 Å². The van der Waals surface area contributed by atoms with E-state index in [2.05, 4.69) is 5.32 Å². The number of aliphatic carboxylic acids is 1. The van der Waals surface area contributed by atoms with Crippen molar-refractivity contribution >= 4 is 11.9 Å². The van der Waals surface area contributed by atoms with Crippen molar-refractivity contribution in [1.82, 2.24) is 5.32 Å². The molecule has 0 aliphatic heterocycles. The quantitative estimate of drug-likeness (QED) is 0.761. The van der Waals surface area contributed by atoms with Gasteiger partial charge in [-0.05, 0) is 19.1 Å². The van der Waals surface area contributed by atoms with Gasteiger partial charge < -0.3 is 29.4 Å². The number of carbonyl (C=O) groups is 2. The van der Waals surface area contributed by atoms with Crippen molar-refractivity contribution in [1.29, 1.82) is 0 Å². The van der Waals surface area contributed by atoms with Crippen LogP contribution in [-0.2, 0) is 4.79 Å². The number of amides is 1. The highest BCUT2D eigenvalue weighted by Gasteiger charge is 2.18. The molecule has 1 amide bonds. The van der Waals surface area contributed by atoms with E-state index in [9.17, 15) is 14.7 Å². The molecule has 0 saturated heterocycles. The lowest BCUT2D eigenvalue weighted by Crippen LogP contribution is -2.45. The highest BCUT2D eigenvalue weighted by molar-refractivity contribution is 5.97. The fourth-order valence-electron chi connectivity index (χ4n) is 1.55. The lowest BCUT2D eigenvalue weighted by molar-refractivity contribution is -0.307. The van der Waals surface area contributed by atoms with Gasteiger partial charge in [0.25, 0.3) is 5.91 Å². The number of hydrogen-bond donors (Lipinski definition) is 1. The lowest BCUT2D eigenvalue weighted by Gasteiger charge is -2.17. The minimum absolute atomic E-state index is 0.188. The van der Waals surface area contributed by atoms with E-state index in [0.29, 0.717) is 17.2 Å². The third-order valence-corrected chi connectivity index (χ3v) is 2.63. The smallest absolute Gasteiger partial charge is 0.252 e. The Bertz CT molecular complexity index is 489.